The number of halogens is 1. The Kier molecular flexibility index (Phi) is 8.76. The van der Waals surface area contributed by atoms with Crippen LogP contribution in [-0.2, 0) is 19.6 Å². The monoisotopic (exact) mass is 490 g/mol. The highest BCUT2D eigenvalue weighted by Crippen LogP contribution is 2.25. The van der Waals surface area contributed by atoms with Crippen LogP contribution in [0.5, 0.6) is 0 Å². The highest BCUT2D eigenvalue weighted by atomic mass is 32.2. The number of carbonyl (C=O) groups is 2. The van der Waals surface area contributed by atoms with E-state index in [4.69, 9.17) is 0 Å². The molecule has 0 radical (unpaired) electrons. The lowest BCUT2D eigenvalue weighted by molar-refractivity contribution is -0.119. The maximum atomic E-state index is 13.3. The van der Waals surface area contributed by atoms with Crippen LogP contribution in [0.1, 0.15) is 31.2 Å². The summed E-state index contributed by atoms with van der Waals surface area (Å²) in [5, 5.41) is 5.34. The molecule has 2 amide bonds. The van der Waals surface area contributed by atoms with E-state index < -0.39 is 15.8 Å². The van der Waals surface area contributed by atoms with Crippen LogP contribution < -0.4 is 10.6 Å². The normalized spacial score (nSPS) is 15.1. The molecule has 1 fully saturated rings. The molecule has 10 heteroatoms. The first-order valence-electron chi connectivity index (χ1n) is 11.3. The average Bonchev–Trinajstić information content (AvgIpc) is 3.05. The van der Waals surface area contributed by atoms with Gasteiger partial charge in [0.15, 0.2) is 0 Å². The number of carbonyl (C=O) groups excluding carboxylic acids is 2. The molecule has 2 aromatic carbocycles. The van der Waals surface area contributed by atoms with Gasteiger partial charge in [0, 0.05) is 24.5 Å². The fraction of sp³-hybridized carbons (Fsp3) is 0.417. The van der Waals surface area contributed by atoms with Crippen molar-refractivity contribution in [2.24, 2.45) is 0 Å². The third-order valence-electron chi connectivity index (χ3n) is 5.62. The maximum Gasteiger partial charge on any atom is 0.243 e. The fourth-order valence-corrected chi connectivity index (χ4v) is 5.37. The Labute approximate surface area is 200 Å². The number of sulfonamides is 1. The number of benzene rings is 2. The second kappa shape index (κ2) is 11.5. The Morgan fingerprint density at radius 2 is 1.62 bits per heavy atom. The number of hydrogen-bond donors (Lipinski definition) is 2. The van der Waals surface area contributed by atoms with Gasteiger partial charge in [0.25, 0.3) is 0 Å². The summed E-state index contributed by atoms with van der Waals surface area (Å²) in [6.45, 7) is 2.63. The molecule has 0 unspecified atom stereocenters. The van der Waals surface area contributed by atoms with Crippen molar-refractivity contribution in [3.05, 3.63) is 53.8 Å². The quantitative estimate of drug-likeness (QED) is 0.592. The summed E-state index contributed by atoms with van der Waals surface area (Å²) in [6.07, 6.45) is 3.73. The average molecular weight is 491 g/mol. The van der Waals surface area contributed by atoms with Gasteiger partial charge in [0.05, 0.1) is 18.0 Å². The SMILES string of the molecule is Cc1ccc(S(=O)(=O)N2CCCCCC2)cc1NC(=O)CN(C)CC(=O)Nc1cccc(F)c1. The van der Waals surface area contributed by atoms with Crippen molar-refractivity contribution in [1.82, 2.24) is 9.21 Å². The van der Waals surface area contributed by atoms with Crippen molar-refractivity contribution in [3.8, 4) is 0 Å². The topological polar surface area (TPSA) is 98.8 Å². The number of aryl methyl sites for hydroxylation is 1. The molecular formula is C24H31FN4O4S. The zero-order valence-corrected chi connectivity index (χ0v) is 20.3. The van der Waals surface area contributed by atoms with Gasteiger partial charge in [-0.3, -0.25) is 14.5 Å². The number of likely N-dealkylation sites (N-methyl/N-ethyl adjacent to an activating group) is 1. The van der Waals surface area contributed by atoms with E-state index in [1.165, 1.54) is 33.5 Å². The van der Waals surface area contributed by atoms with Gasteiger partial charge in [-0.25, -0.2) is 12.8 Å². The summed E-state index contributed by atoms with van der Waals surface area (Å²) in [5.74, 6) is -1.22. The molecule has 34 heavy (non-hydrogen) atoms. The number of nitrogens with one attached hydrogen (secondary N) is 2. The highest BCUT2D eigenvalue weighted by Gasteiger charge is 2.26. The molecule has 1 aliphatic rings. The van der Waals surface area contributed by atoms with Crippen molar-refractivity contribution < 1.29 is 22.4 Å². The van der Waals surface area contributed by atoms with Gasteiger partial charge in [-0.05, 0) is 62.7 Å². The number of rotatable bonds is 8. The molecule has 3 rings (SSSR count). The number of amides is 2. The van der Waals surface area contributed by atoms with Crippen LogP contribution in [-0.4, -0.2) is 62.7 Å². The predicted molar refractivity (Wildman–Crippen MR) is 130 cm³/mol. The van der Waals surface area contributed by atoms with Crippen LogP contribution in [0.4, 0.5) is 15.8 Å². The number of hydrogen-bond acceptors (Lipinski definition) is 5. The summed E-state index contributed by atoms with van der Waals surface area (Å²) in [6, 6.07) is 10.3. The molecule has 1 heterocycles. The van der Waals surface area contributed by atoms with Gasteiger partial charge in [-0.1, -0.05) is 25.0 Å². The standard InChI is InChI=1S/C24H31FN4O4S/c1-18-10-11-21(34(32,33)29-12-5-3-4-6-13-29)15-22(18)27-24(31)17-28(2)16-23(30)26-20-9-7-8-19(25)14-20/h7-11,14-15H,3-6,12-13,16-17H2,1-2H3,(H,26,30)(H,27,31). The second-order valence-corrected chi connectivity index (χ2v) is 10.5. The Morgan fingerprint density at radius 3 is 2.26 bits per heavy atom. The molecule has 8 nitrogen and oxygen atoms in total. The van der Waals surface area contributed by atoms with Gasteiger partial charge < -0.3 is 10.6 Å². The van der Waals surface area contributed by atoms with Gasteiger partial charge in [0.1, 0.15) is 5.82 Å². The van der Waals surface area contributed by atoms with E-state index in [2.05, 4.69) is 10.6 Å². The van der Waals surface area contributed by atoms with E-state index in [0.717, 1.165) is 31.2 Å². The molecule has 184 valence electrons. The van der Waals surface area contributed by atoms with Crippen LogP contribution >= 0.6 is 0 Å². The lowest BCUT2D eigenvalue weighted by Gasteiger charge is -2.21. The molecule has 0 aromatic heterocycles. The molecule has 0 saturated carbocycles. The largest absolute Gasteiger partial charge is 0.325 e. The lowest BCUT2D eigenvalue weighted by atomic mass is 10.2. The van der Waals surface area contributed by atoms with Crippen LogP contribution in [0.2, 0.25) is 0 Å². The lowest BCUT2D eigenvalue weighted by Crippen LogP contribution is -2.36. The van der Waals surface area contributed by atoms with Crippen LogP contribution in [0.25, 0.3) is 0 Å². The first kappa shape index (κ1) is 25.8. The Hall–Kier alpha value is -2.82. The highest BCUT2D eigenvalue weighted by molar-refractivity contribution is 7.89. The molecular weight excluding hydrogens is 459 g/mol. The third kappa shape index (κ3) is 7.09. The van der Waals surface area contributed by atoms with E-state index in [1.807, 2.05) is 0 Å². The summed E-state index contributed by atoms with van der Waals surface area (Å²) in [4.78, 5) is 26.4. The van der Waals surface area contributed by atoms with E-state index in [1.54, 1.807) is 32.2 Å². The Bertz CT molecular complexity index is 1130. The molecule has 0 atom stereocenters. The Morgan fingerprint density at radius 1 is 0.971 bits per heavy atom. The van der Waals surface area contributed by atoms with Gasteiger partial charge in [-0.15, -0.1) is 0 Å². The van der Waals surface area contributed by atoms with E-state index in [9.17, 15) is 22.4 Å². The van der Waals surface area contributed by atoms with Crippen molar-refractivity contribution in [1.29, 1.82) is 0 Å². The summed E-state index contributed by atoms with van der Waals surface area (Å²) in [5.41, 5.74) is 1.48. The fourth-order valence-electron chi connectivity index (χ4n) is 3.83. The smallest absolute Gasteiger partial charge is 0.243 e. The van der Waals surface area contributed by atoms with E-state index >= 15 is 0 Å². The molecule has 0 spiro atoms. The van der Waals surface area contributed by atoms with Crippen LogP contribution in [0, 0.1) is 12.7 Å². The van der Waals surface area contributed by atoms with Crippen molar-refractivity contribution in [2.45, 2.75) is 37.5 Å². The molecule has 1 aliphatic heterocycles. The van der Waals surface area contributed by atoms with Crippen molar-refractivity contribution >= 4 is 33.2 Å². The van der Waals surface area contributed by atoms with Gasteiger partial charge in [-0.2, -0.15) is 4.31 Å². The first-order chi connectivity index (χ1) is 16.1. The van der Waals surface area contributed by atoms with Crippen molar-refractivity contribution in [3.63, 3.8) is 0 Å². The number of anilines is 2. The van der Waals surface area contributed by atoms with Crippen LogP contribution in [0.15, 0.2) is 47.4 Å². The number of nitrogens with zero attached hydrogens (tertiary/aromatic N) is 2. The molecule has 2 aromatic rings. The maximum absolute atomic E-state index is 13.3. The predicted octanol–water partition coefficient (Wildman–Crippen LogP) is 3.21. The minimum absolute atomic E-state index is 0.0771. The summed E-state index contributed by atoms with van der Waals surface area (Å²) < 4.78 is 41.0. The Balaban J connectivity index is 1.60. The minimum Gasteiger partial charge on any atom is -0.325 e. The van der Waals surface area contributed by atoms with Gasteiger partial charge in [0.2, 0.25) is 21.8 Å². The van der Waals surface area contributed by atoms with Crippen LogP contribution in [0.3, 0.4) is 0 Å². The van der Waals surface area contributed by atoms with Gasteiger partial charge >= 0.3 is 0 Å². The molecule has 1 saturated heterocycles. The minimum atomic E-state index is -3.64. The molecule has 0 bridgehead atoms. The van der Waals surface area contributed by atoms with Crippen molar-refractivity contribution in [2.75, 3.05) is 43.9 Å². The zero-order valence-electron chi connectivity index (χ0n) is 19.5. The first-order valence-corrected chi connectivity index (χ1v) is 12.7. The van der Waals surface area contributed by atoms with E-state index in [-0.39, 0.29) is 29.8 Å². The summed E-state index contributed by atoms with van der Waals surface area (Å²) in [7, 11) is -2.03. The zero-order chi connectivity index (χ0) is 24.7. The third-order valence-corrected chi connectivity index (χ3v) is 7.52. The molecule has 2 N–H and O–H groups in total. The second-order valence-electron chi connectivity index (χ2n) is 8.57. The molecule has 0 aliphatic carbocycles. The summed E-state index contributed by atoms with van der Waals surface area (Å²) >= 11 is 0. The van der Waals surface area contributed by atoms with E-state index in [0.29, 0.717) is 24.5 Å².